The van der Waals surface area contributed by atoms with E-state index in [1.807, 2.05) is 6.92 Å². The van der Waals surface area contributed by atoms with E-state index in [0.717, 1.165) is 56.6 Å². The third-order valence-electron chi connectivity index (χ3n) is 2.84. The van der Waals surface area contributed by atoms with E-state index >= 15 is 0 Å². The van der Waals surface area contributed by atoms with Crippen LogP contribution in [0.4, 0.5) is 5.13 Å². The topological polar surface area (TPSA) is 58.3 Å². The molecule has 0 unspecified atom stereocenters. The van der Waals surface area contributed by atoms with Crippen LogP contribution >= 0.6 is 11.5 Å². The number of piperazine rings is 1. The molecule has 0 saturated carbocycles. The van der Waals surface area contributed by atoms with Crippen LogP contribution in [0.15, 0.2) is 0 Å². The molecular formula is C10H19N5S. The van der Waals surface area contributed by atoms with Crippen LogP contribution in [0.3, 0.4) is 0 Å². The average Bonchev–Trinajstić information content (AvgIpc) is 2.74. The van der Waals surface area contributed by atoms with E-state index in [4.69, 9.17) is 5.73 Å². The molecule has 2 rings (SSSR count). The van der Waals surface area contributed by atoms with Crippen molar-refractivity contribution in [3.8, 4) is 0 Å². The highest BCUT2D eigenvalue weighted by atomic mass is 32.1. The number of rotatable bonds is 4. The third-order valence-corrected chi connectivity index (χ3v) is 3.71. The van der Waals surface area contributed by atoms with Crippen LogP contribution in [-0.2, 0) is 0 Å². The predicted molar refractivity (Wildman–Crippen MR) is 67.0 cm³/mol. The third kappa shape index (κ3) is 2.90. The summed E-state index contributed by atoms with van der Waals surface area (Å²) in [5.74, 6) is 0.880. The second kappa shape index (κ2) is 5.56. The second-order valence-electron chi connectivity index (χ2n) is 4.10. The molecule has 1 aromatic rings. The van der Waals surface area contributed by atoms with E-state index in [9.17, 15) is 0 Å². The highest BCUT2D eigenvalue weighted by Gasteiger charge is 2.18. The number of aromatic nitrogens is 2. The van der Waals surface area contributed by atoms with Crippen LogP contribution in [0.2, 0.25) is 0 Å². The smallest absolute Gasteiger partial charge is 0.205 e. The fraction of sp³-hybridized carbons (Fsp3) is 0.800. The molecule has 0 amide bonds. The van der Waals surface area contributed by atoms with Gasteiger partial charge in [-0.15, -0.1) is 0 Å². The first-order chi connectivity index (χ1) is 7.79. The highest BCUT2D eigenvalue weighted by Crippen LogP contribution is 2.18. The molecule has 1 fully saturated rings. The first-order valence-electron chi connectivity index (χ1n) is 5.77. The standard InChI is InChI=1S/C10H19N5S/c1-9-12-10(16-13-9)15-7-5-14(6-8-15)4-2-3-11/h2-8,11H2,1H3. The number of hydrogen-bond acceptors (Lipinski definition) is 6. The van der Waals surface area contributed by atoms with Gasteiger partial charge in [-0.25, -0.2) is 4.98 Å². The molecule has 0 bridgehead atoms. The van der Waals surface area contributed by atoms with Crippen molar-refractivity contribution >= 4 is 16.7 Å². The summed E-state index contributed by atoms with van der Waals surface area (Å²) in [5.41, 5.74) is 5.51. The van der Waals surface area contributed by atoms with Crippen LogP contribution in [0.5, 0.6) is 0 Å². The van der Waals surface area contributed by atoms with Gasteiger partial charge in [0.05, 0.1) is 0 Å². The van der Waals surface area contributed by atoms with Gasteiger partial charge in [-0.1, -0.05) is 0 Å². The molecule has 2 heterocycles. The van der Waals surface area contributed by atoms with Gasteiger partial charge in [-0.05, 0) is 26.4 Å². The first kappa shape index (κ1) is 11.8. The van der Waals surface area contributed by atoms with Gasteiger partial charge in [0.15, 0.2) is 0 Å². The predicted octanol–water partition coefficient (Wildman–Crippen LogP) is 0.317. The minimum Gasteiger partial charge on any atom is -0.344 e. The molecule has 90 valence electrons. The molecule has 16 heavy (non-hydrogen) atoms. The Balaban J connectivity index is 1.81. The molecule has 0 atom stereocenters. The van der Waals surface area contributed by atoms with Crippen molar-refractivity contribution in [1.29, 1.82) is 0 Å². The maximum Gasteiger partial charge on any atom is 0.205 e. The van der Waals surface area contributed by atoms with Crippen molar-refractivity contribution in [2.24, 2.45) is 5.73 Å². The van der Waals surface area contributed by atoms with Gasteiger partial charge in [0.25, 0.3) is 0 Å². The summed E-state index contributed by atoms with van der Waals surface area (Å²) >= 11 is 1.50. The van der Waals surface area contributed by atoms with Gasteiger partial charge >= 0.3 is 0 Å². The lowest BCUT2D eigenvalue weighted by Crippen LogP contribution is -2.46. The van der Waals surface area contributed by atoms with E-state index < -0.39 is 0 Å². The first-order valence-corrected chi connectivity index (χ1v) is 6.54. The van der Waals surface area contributed by atoms with Crippen molar-refractivity contribution in [3.05, 3.63) is 5.82 Å². The Labute approximate surface area is 100 Å². The highest BCUT2D eigenvalue weighted by molar-refractivity contribution is 7.09. The van der Waals surface area contributed by atoms with Gasteiger partial charge in [0.1, 0.15) is 5.82 Å². The van der Waals surface area contributed by atoms with Crippen molar-refractivity contribution in [2.45, 2.75) is 13.3 Å². The zero-order chi connectivity index (χ0) is 11.4. The molecule has 1 saturated heterocycles. The molecular weight excluding hydrogens is 222 g/mol. The number of aryl methyl sites for hydroxylation is 1. The molecule has 1 aliphatic rings. The second-order valence-corrected chi connectivity index (χ2v) is 4.83. The molecule has 1 aromatic heterocycles. The normalized spacial score (nSPS) is 18.0. The maximum atomic E-state index is 5.51. The van der Waals surface area contributed by atoms with E-state index in [2.05, 4.69) is 19.2 Å². The van der Waals surface area contributed by atoms with E-state index in [1.54, 1.807) is 0 Å². The van der Waals surface area contributed by atoms with Crippen LogP contribution in [0.25, 0.3) is 0 Å². The summed E-state index contributed by atoms with van der Waals surface area (Å²) < 4.78 is 4.22. The fourth-order valence-electron chi connectivity index (χ4n) is 1.89. The van der Waals surface area contributed by atoms with E-state index in [-0.39, 0.29) is 0 Å². The van der Waals surface area contributed by atoms with Crippen molar-refractivity contribution in [1.82, 2.24) is 14.3 Å². The van der Waals surface area contributed by atoms with Gasteiger partial charge in [0.2, 0.25) is 5.13 Å². The summed E-state index contributed by atoms with van der Waals surface area (Å²) in [6.45, 7) is 8.18. The average molecular weight is 241 g/mol. The van der Waals surface area contributed by atoms with Crippen molar-refractivity contribution in [3.63, 3.8) is 0 Å². The lowest BCUT2D eigenvalue weighted by atomic mass is 10.3. The minimum absolute atomic E-state index is 0.788. The lowest BCUT2D eigenvalue weighted by molar-refractivity contribution is 0.256. The van der Waals surface area contributed by atoms with Crippen LogP contribution in [0.1, 0.15) is 12.2 Å². The molecule has 0 spiro atoms. The minimum atomic E-state index is 0.788. The Morgan fingerprint density at radius 2 is 2.06 bits per heavy atom. The maximum absolute atomic E-state index is 5.51. The Morgan fingerprint density at radius 1 is 1.31 bits per heavy atom. The monoisotopic (exact) mass is 241 g/mol. The van der Waals surface area contributed by atoms with E-state index in [1.165, 1.54) is 11.5 Å². The number of nitrogens with two attached hydrogens (primary N) is 1. The SMILES string of the molecule is Cc1nsc(N2CCN(CCCN)CC2)n1. The Bertz CT molecular complexity index is 319. The Morgan fingerprint density at radius 3 is 2.62 bits per heavy atom. The zero-order valence-electron chi connectivity index (χ0n) is 9.72. The molecule has 0 aromatic carbocycles. The van der Waals surface area contributed by atoms with E-state index in [0.29, 0.717) is 0 Å². The molecule has 6 heteroatoms. The summed E-state index contributed by atoms with van der Waals surface area (Å²) in [5, 5.41) is 1.07. The lowest BCUT2D eigenvalue weighted by Gasteiger charge is -2.34. The van der Waals surface area contributed by atoms with Crippen LogP contribution in [0, 0.1) is 6.92 Å². The van der Waals surface area contributed by atoms with Gasteiger partial charge in [-0.3, -0.25) is 4.90 Å². The molecule has 5 nitrogen and oxygen atoms in total. The summed E-state index contributed by atoms with van der Waals surface area (Å²) in [7, 11) is 0. The molecule has 0 radical (unpaired) electrons. The Kier molecular flexibility index (Phi) is 4.09. The summed E-state index contributed by atoms with van der Waals surface area (Å²) in [6, 6.07) is 0. The zero-order valence-corrected chi connectivity index (χ0v) is 10.5. The summed E-state index contributed by atoms with van der Waals surface area (Å²) in [4.78, 5) is 9.21. The van der Waals surface area contributed by atoms with Gasteiger partial charge in [-0.2, -0.15) is 4.37 Å². The molecule has 2 N–H and O–H groups in total. The Hall–Kier alpha value is -0.720. The van der Waals surface area contributed by atoms with Crippen LogP contribution < -0.4 is 10.6 Å². The van der Waals surface area contributed by atoms with Gasteiger partial charge < -0.3 is 10.6 Å². The quantitative estimate of drug-likeness (QED) is 0.822. The number of nitrogens with zero attached hydrogens (tertiary/aromatic N) is 4. The van der Waals surface area contributed by atoms with Crippen molar-refractivity contribution < 1.29 is 0 Å². The van der Waals surface area contributed by atoms with Crippen LogP contribution in [-0.4, -0.2) is 53.5 Å². The van der Waals surface area contributed by atoms with Gasteiger partial charge in [0, 0.05) is 37.7 Å². The number of hydrogen-bond donors (Lipinski definition) is 1. The fourth-order valence-corrected chi connectivity index (χ4v) is 2.62. The number of anilines is 1. The largest absolute Gasteiger partial charge is 0.344 e. The molecule has 1 aliphatic heterocycles. The molecule has 0 aliphatic carbocycles. The summed E-state index contributed by atoms with van der Waals surface area (Å²) in [6.07, 6.45) is 1.10. The van der Waals surface area contributed by atoms with Crippen molar-refractivity contribution in [2.75, 3.05) is 44.2 Å².